The molecule has 0 aliphatic carbocycles. The summed E-state index contributed by atoms with van der Waals surface area (Å²) in [7, 11) is 0. The highest BCUT2D eigenvalue weighted by atomic mass is 19.1. The molecule has 0 amide bonds. The molecule has 1 unspecified atom stereocenters. The lowest BCUT2D eigenvalue weighted by Crippen LogP contribution is -2.24. The van der Waals surface area contributed by atoms with E-state index in [1.807, 2.05) is 25.3 Å². The number of nitrogens with zero attached hydrogens (tertiary/aromatic N) is 1. The molecule has 0 saturated heterocycles. The summed E-state index contributed by atoms with van der Waals surface area (Å²) in [6.07, 6.45) is 6.26. The molecule has 0 aliphatic heterocycles. The first kappa shape index (κ1) is 13.7. The number of hydrogen-bond acceptors (Lipinski definition) is 2. The molecule has 1 heterocycles. The summed E-state index contributed by atoms with van der Waals surface area (Å²) in [5.74, 6) is -0.190. The van der Waals surface area contributed by atoms with Gasteiger partial charge in [0.15, 0.2) is 0 Å². The van der Waals surface area contributed by atoms with Gasteiger partial charge < -0.3 is 5.73 Å². The number of halogens is 1. The molecule has 0 fully saturated rings. The fraction of sp³-hybridized carbons (Fsp3) is 0.312. The van der Waals surface area contributed by atoms with E-state index in [4.69, 9.17) is 5.73 Å². The normalized spacial score (nSPS) is 12.4. The van der Waals surface area contributed by atoms with Crippen LogP contribution >= 0.6 is 0 Å². The average Bonchev–Trinajstić information content (AvgIpc) is 2.41. The Balaban J connectivity index is 1.89. The maximum atomic E-state index is 13.0. The highest BCUT2D eigenvalue weighted by molar-refractivity contribution is 5.27. The van der Waals surface area contributed by atoms with Crippen LogP contribution in [0.15, 0.2) is 42.7 Å². The van der Waals surface area contributed by atoms with Crippen molar-refractivity contribution in [2.45, 2.75) is 32.2 Å². The van der Waals surface area contributed by atoms with Gasteiger partial charge in [-0.25, -0.2) is 4.39 Å². The zero-order chi connectivity index (χ0) is 13.7. The third-order valence-electron chi connectivity index (χ3n) is 3.31. The largest absolute Gasteiger partial charge is 0.327 e. The topological polar surface area (TPSA) is 38.9 Å². The van der Waals surface area contributed by atoms with Gasteiger partial charge in [0, 0.05) is 18.4 Å². The van der Waals surface area contributed by atoms with Crippen LogP contribution in [0, 0.1) is 12.7 Å². The molecule has 0 saturated carbocycles. The zero-order valence-corrected chi connectivity index (χ0v) is 11.1. The van der Waals surface area contributed by atoms with E-state index in [1.165, 1.54) is 11.6 Å². The van der Waals surface area contributed by atoms with E-state index in [0.717, 1.165) is 30.4 Å². The third-order valence-corrected chi connectivity index (χ3v) is 3.31. The summed E-state index contributed by atoms with van der Waals surface area (Å²) in [4.78, 5) is 4.09. The molecule has 3 heteroatoms. The van der Waals surface area contributed by atoms with E-state index in [0.29, 0.717) is 0 Å². The van der Waals surface area contributed by atoms with Crippen LogP contribution in [0.3, 0.4) is 0 Å². The molecule has 0 radical (unpaired) electrons. The first-order valence-corrected chi connectivity index (χ1v) is 6.54. The van der Waals surface area contributed by atoms with Crippen molar-refractivity contribution in [2.24, 2.45) is 5.73 Å². The van der Waals surface area contributed by atoms with Crippen LogP contribution in [0.25, 0.3) is 0 Å². The molecule has 1 aromatic heterocycles. The Hall–Kier alpha value is -1.74. The molecule has 0 aliphatic rings. The summed E-state index contributed by atoms with van der Waals surface area (Å²) < 4.78 is 13.0. The summed E-state index contributed by atoms with van der Waals surface area (Å²) >= 11 is 0. The summed E-state index contributed by atoms with van der Waals surface area (Å²) in [5.41, 5.74) is 9.44. The predicted molar refractivity (Wildman–Crippen MR) is 75.4 cm³/mol. The number of benzene rings is 1. The van der Waals surface area contributed by atoms with Crippen LogP contribution in [0.2, 0.25) is 0 Å². The van der Waals surface area contributed by atoms with Crippen molar-refractivity contribution >= 4 is 0 Å². The third kappa shape index (κ3) is 4.14. The average molecular weight is 258 g/mol. The number of nitrogens with two attached hydrogens (primary N) is 1. The van der Waals surface area contributed by atoms with E-state index in [9.17, 15) is 4.39 Å². The minimum atomic E-state index is -0.190. The number of hydrogen-bond donors (Lipinski definition) is 1. The van der Waals surface area contributed by atoms with E-state index in [1.54, 1.807) is 12.3 Å². The van der Waals surface area contributed by atoms with Gasteiger partial charge in [-0.15, -0.1) is 0 Å². The van der Waals surface area contributed by atoms with Crippen LogP contribution in [0.4, 0.5) is 4.39 Å². The van der Waals surface area contributed by atoms with E-state index in [-0.39, 0.29) is 11.9 Å². The standard InChI is InChI=1S/C16H19FN2/c1-12-9-15(17)6-5-14(12)10-16(18)7-4-13-3-2-8-19-11-13/h2-3,5-6,8-9,11,16H,4,7,10,18H2,1H3. The zero-order valence-electron chi connectivity index (χ0n) is 11.1. The maximum Gasteiger partial charge on any atom is 0.123 e. The molecule has 100 valence electrons. The molecule has 0 bridgehead atoms. The minimum Gasteiger partial charge on any atom is -0.327 e. The Morgan fingerprint density at radius 2 is 2.16 bits per heavy atom. The predicted octanol–water partition coefficient (Wildman–Crippen LogP) is 3.03. The maximum absolute atomic E-state index is 13.0. The lowest BCUT2D eigenvalue weighted by atomic mass is 9.97. The van der Waals surface area contributed by atoms with Crippen molar-refractivity contribution in [3.63, 3.8) is 0 Å². The van der Waals surface area contributed by atoms with Gasteiger partial charge in [0.05, 0.1) is 0 Å². The second kappa shape index (κ2) is 6.43. The first-order valence-electron chi connectivity index (χ1n) is 6.54. The lowest BCUT2D eigenvalue weighted by Gasteiger charge is -2.13. The van der Waals surface area contributed by atoms with Crippen molar-refractivity contribution in [1.82, 2.24) is 4.98 Å². The number of aromatic nitrogens is 1. The van der Waals surface area contributed by atoms with Crippen LogP contribution in [0.5, 0.6) is 0 Å². The number of aryl methyl sites for hydroxylation is 2. The van der Waals surface area contributed by atoms with Crippen LogP contribution < -0.4 is 5.73 Å². The fourth-order valence-electron chi connectivity index (χ4n) is 2.17. The minimum absolute atomic E-state index is 0.0874. The second-order valence-corrected chi connectivity index (χ2v) is 4.93. The Morgan fingerprint density at radius 3 is 2.84 bits per heavy atom. The van der Waals surface area contributed by atoms with Crippen molar-refractivity contribution < 1.29 is 4.39 Å². The van der Waals surface area contributed by atoms with Gasteiger partial charge in [0.2, 0.25) is 0 Å². The van der Waals surface area contributed by atoms with Crippen molar-refractivity contribution in [3.8, 4) is 0 Å². The SMILES string of the molecule is Cc1cc(F)ccc1CC(N)CCc1cccnc1. The summed E-state index contributed by atoms with van der Waals surface area (Å²) in [6.45, 7) is 1.92. The van der Waals surface area contributed by atoms with Gasteiger partial charge >= 0.3 is 0 Å². The monoisotopic (exact) mass is 258 g/mol. The molecule has 19 heavy (non-hydrogen) atoms. The van der Waals surface area contributed by atoms with Gasteiger partial charge in [-0.1, -0.05) is 12.1 Å². The van der Waals surface area contributed by atoms with E-state index < -0.39 is 0 Å². The van der Waals surface area contributed by atoms with Gasteiger partial charge in [-0.2, -0.15) is 0 Å². The van der Waals surface area contributed by atoms with Crippen LogP contribution in [0.1, 0.15) is 23.1 Å². The smallest absolute Gasteiger partial charge is 0.123 e. The highest BCUT2D eigenvalue weighted by Gasteiger charge is 2.07. The molecule has 1 aromatic carbocycles. The fourth-order valence-corrected chi connectivity index (χ4v) is 2.17. The van der Waals surface area contributed by atoms with Gasteiger partial charge in [-0.05, 0) is 61.1 Å². The Morgan fingerprint density at radius 1 is 1.32 bits per heavy atom. The number of rotatable bonds is 5. The molecular formula is C16H19FN2. The molecule has 2 rings (SSSR count). The summed E-state index contributed by atoms with van der Waals surface area (Å²) in [6, 6.07) is 8.96. The quantitative estimate of drug-likeness (QED) is 0.895. The first-order chi connectivity index (χ1) is 9.15. The Bertz CT molecular complexity index is 526. The Labute approximate surface area is 113 Å². The van der Waals surface area contributed by atoms with Gasteiger partial charge in [0.1, 0.15) is 5.82 Å². The highest BCUT2D eigenvalue weighted by Crippen LogP contribution is 2.13. The molecule has 0 spiro atoms. The molecule has 2 nitrogen and oxygen atoms in total. The lowest BCUT2D eigenvalue weighted by molar-refractivity contribution is 0.602. The second-order valence-electron chi connectivity index (χ2n) is 4.93. The molecule has 2 N–H and O–H groups in total. The Kier molecular flexibility index (Phi) is 4.63. The summed E-state index contributed by atoms with van der Waals surface area (Å²) in [5, 5.41) is 0. The van der Waals surface area contributed by atoms with Crippen molar-refractivity contribution in [1.29, 1.82) is 0 Å². The van der Waals surface area contributed by atoms with Gasteiger partial charge in [-0.3, -0.25) is 4.98 Å². The number of pyridine rings is 1. The molecule has 2 aromatic rings. The van der Waals surface area contributed by atoms with Crippen molar-refractivity contribution in [3.05, 3.63) is 65.2 Å². The van der Waals surface area contributed by atoms with Crippen LogP contribution in [-0.4, -0.2) is 11.0 Å². The molecular weight excluding hydrogens is 239 g/mol. The molecule has 1 atom stereocenters. The van der Waals surface area contributed by atoms with Crippen molar-refractivity contribution in [2.75, 3.05) is 0 Å². The van der Waals surface area contributed by atoms with Gasteiger partial charge in [0.25, 0.3) is 0 Å². The van der Waals surface area contributed by atoms with E-state index >= 15 is 0 Å². The van der Waals surface area contributed by atoms with E-state index in [2.05, 4.69) is 11.1 Å². The van der Waals surface area contributed by atoms with Crippen LogP contribution in [-0.2, 0) is 12.8 Å².